The van der Waals surface area contributed by atoms with Crippen molar-refractivity contribution in [2.45, 2.75) is 19.4 Å². The summed E-state index contributed by atoms with van der Waals surface area (Å²) in [7, 11) is 0. The summed E-state index contributed by atoms with van der Waals surface area (Å²) in [6, 6.07) is 0.177. The third-order valence-electron chi connectivity index (χ3n) is 3.40. The lowest BCUT2D eigenvalue weighted by atomic mass is 10.0. The Bertz CT molecular complexity index is 252. The Morgan fingerprint density at radius 2 is 2.18 bits per heavy atom. The van der Waals surface area contributed by atoms with Crippen molar-refractivity contribution in [3.8, 4) is 0 Å². The number of ether oxygens (including phenoxy) is 2. The second-order valence-electron chi connectivity index (χ2n) is 4.60. The van der Waals surface area contributed by atoms with Gasteiger partial charge in [-0.3, -0.25) is 4.79 Å². The fraction of sp³-hybridized carbons (Fsp3) is 0.917. The maximum Gasteiger partial charge on any atom is 0.229 e. The van der Waals surface area contributed by atoms with E-state index in [1.807, 2.05) is 4.90 Å². The van der Waals surface area contributed by atoms with Gasteiger partial charge in [0.25, 0.3) is 0 Å². The van der Waals surface area contributed by atoms with Gasteiger partial charge in [0.2, 0.25) is 5.91 Å². The molecule has 2 aliphatic heterocycles. The van der Waals surface area contributed by atoms with Crippen molar-refractivity contribution in [2.24, 2.45) is 5.92 Å². The molecule has 1 amide bonds. The van der Waals surface area contributed by atoms with E-state index in [4.69, 9.17) is 9.47 Å². The molecule has 0 aromatic carbocycles. The molecule has 2 heterocycles. The third kappa shape index (κ3) is 3.18. The van der Waals surface area contributed by atoms with Crippen LogP contribution in [-0.2, 0) is 14.3 Å². The number of hydrogen-bond donors (Lipinski definition) is 1. The molecule has 2 fully saturated rings. The minimum Gasteiger partial charge on any atom is -0.380 e. The van der Waals surface area contributed by atoms with Crippen molar-refractivity contribution in [1.82, 2.24) is 10.2 Å². The van der Waals surface area contributed by atoms with E-state index in [0.29, 0.717) is 26.4 Å². The lowest BCUT2D eigenvalue weighted by Crippen LogP contribution is -2.46. The first-order valence-electron chi connectivity index (χ1n) is 6.50. The molecule has 0 spiro atoms. The van der Waals surface area contributed by atoms with Gasteiger partial charge in [-0.15, -0.1) is 0 Å². The summed E-state index contributed by atoms with van der Waals surface area (Å²) >= 11 is 0. The number of nitrogens with zero attached hydrogens (tertiary/aromatic N) is 1. The Balaban J connectivity index is 1.92. The maximum atomic E-state index is 12.4. The first-order valence-corrected chi connectivity index (χ1v) is 6.50. The average Bonchev–Trinajstić information content (AvgIpc) is 2.63. The number of hydrogen-bond acceptors (Lipinski definition) is 4. The van der Waals surface area contributed by atoms with Crippen LogP contribution in [-0.4, -0.2) is 62.9 Å². The standard InChI is InChI=1S/C12H22N2O3/c1-2-13-11-9-17-8-10(11)12(15)14-4-3-6-16-7-5-14/h10-11,13H,2-9H2,1H3. The second kappa shape index (κ2) is 6.33. The number of likely N-dealkylation sites (N-methyl/N-ethyl adjacent to an activating group) is 1. The first kappa shape index (κ1) is 12.8. The molecule has 2 rings (SSSR count). The van der Waals surface area contributed by atoms with Gasteiger partial charge in [-0.05, 0) is 13.0 Å². The molecule has 0 aromatic rings. The largest absolute Gasteiger partial charge is 0.380 e. The highest BCUT2D eigenvalue weighted by atomic mass is 16.5. The van der Waals surface area contributed by atoms with Crippen LogP contribution in [0.5, 0.6) is 0 Å². The second-order valence-corrected chi connectivity index (χ2v) is 4.60. The summed E-state index contributed by atoms with van der Waals surface area (Å²) in [5.41, 5.74) is 0. The number of carbonyl (C=O) groups is 1. The van der Waals surface area contributed by atoms with Gasteiger partial charge in [0, 0.05) is 25.7 Å². The highest BCUT2D eigenvalue weighted by Gasteiger charge is 2.36. The van der Waals surface area contributed by atoms with Gasteiger partial charge in [-0.2, -0.15) is 0 Å². The molecule has 0 saturated carbocycles. The van der Waals surface area contributed by atoms with E-state index in [2.05, 4.69) is 12.2 Å². The Morgan fingerprint density at radius 3 is 3.00 bits per heavy atom. The zero-order valence-corrected chi connectivity index (χ0v) is 10.5. The lowest BCUT2D eigenvalue weighted by molar-refractivity contribution is -0.136. The normalized spacial score (nSPS) is 30.3. The van der Waals surface area contributed by atoms with Crippen LogP contribution in [0.25, 0.3) is 0 Å². The summed E-state index contributed by atoms with van der Waals surface area (Å²) in [6.07, 6.45) is 0.936. The maximum absolute atomic E-state index is 12.4. The van der Waals surface area contributed by atoms with E-state index in [-0.39, 0.29) is 17.9 Å². The molecule has 2 aliphatic rings. The van der Waals surface area contributed by atoms with Crippen LogP contribution in [0.3, 0.4) is 0 Å². The molecular formula is C12H22N2O3. The highest BCUT2D eigenvalue weighted by Crippen LogP contribution is 2.17. The number of nitrogens with one attached hydrogen (secondary N) is 1. The van der Waals surface area contributed by atoms with Crippen LogP contribution in [0, 0.1) is 5.92 Å². The Morgan fingerprint density at radius 1 is 1.29 bits per heavy atom. The summed E-state index contributed by atoms with van der Waals surface area (Å²) in [6.45, 7) is 7.08. The predicted octanol–water partition coefficient (Wildman–Crippen LogP) is -0.140. The van der Waals surface area contributed by atoms with E-state index in [9.17, 15) is 4.79 Å². The van der Waals surface area contributed by atoms with E-state index in [0.717, 1.165) is 26.1 Å². The van der Waals surface area contributed by atoms with Crippen LogP contribution in [0.15, 0.2) is 0 Å². The molecule has 17 heavy (non-hydrogen) atoms. The predicted molar refractivity (Wildman–Crippen MR) is 63.8 cm³/mol. The molecule has 2 unspecified atom stereocenters. The summed E-state index contributed by atoms with van der Waals surface area (Å²) in [5.74, 6) is 0.201. The van der Waals surface area contributed by atoms with Crippen LogP contribution in [0.2, 0.25) is 0 Å². The smallest absolute Gasteiger partial charge is 0.229 e. The van der Waals surface area contributed by atoms with Crippen molar-refractivity contribution in [3.05, 3.63) is 0 Å². The topological polar surface area (TPSA) is 50.8 Å². The molecule has 0 radical (unpaired) electrons. The fourth-order valence-electron chi connectivity index (χ4n) is 2.46. The Hall–Kier alpha value is -0.650. The lowest BCUT2D eigenvalue weighted by Gasteiger charge is -2.26. The molecule has 0 bridgehead atoms. The van der Waals surface area contributed by atoms with Crippen molar-refractivity contribution in [3.63, 3.8) is 0 Å². The van der Waals surface area contributed by atoms with Crippen LogP contribution in [0.4, 0.5) is 0 Å². The van der Waals surface area contributed by atoms with Gasteiger partial charge >= 0.3 is 0 Å². The minimum atomic E-state index is -0.0203. The van der Waals surface area contributed by atoms with Crippen LogP contribution >= 0.6 is 0 Å². The quantitative estimate of drug-likeness (QED) is 0.748. The minimum absolute atomic E-state index is 0.0203. The van der Waals surface area contributed by atoms with Gasteiger partial charge < -0.3 is 19.7 Å². The SMILES string of the molecule is CCNC1COCC1C(=O)N1CCCOCC1. The zero-order valence-electron chi connectivity index (χ0n) is 10.5. The Kier molecular flexibility index (Phi) is 4.76. The summed E-state index contributed by atoms with van der Waals surface area (Å²) in [4.78, 5) is 14.3. The van der Waals surface area contributed by atoms with Crippen LogP contribution in [0.1, 0.15) is 13.3 Å². The van der Waals surface area contributed by atoms with Gasteiger partial charge in [0.1, 0.15) is 0 Å². The van der Waals surface area contributed by atoms with Gasteiger partial charge in [0.15, 0.2) is 0 Å². The van der Waals surface area contributed by atoms with E-state index >= 15 is 0 Å². The number of rotatable bonds is 3. The van der Waals surface area contributed by atoms with Gasteiger partial charge in [-0.1, -0.05) is 6.92 Å². The van der Waals surface area contributed by atoms with Crippen molar-refractivity contribution >= 4 is 5.91 Å². The molecule has 5 nitrogen and oxygen atoms in total. The number of amides is 1. The molecule has 2 saturated heterocycles. The van der Waals surface area contributed by atoms with E-state index < -0.39 is 0 Å². The highest BCUT2D eigenvalue weighted by molar-refractivity contribution is 5.80. The Labute approximate surface area is 102 Å². The van der Waals surface area contributed by atoms with Crippen molar-refractivity contribution in [1.29, 1.82) is 0 Å². The molecule has 2 atom stereocenters. The first-order chi connectivity index (χ1) is 8.33. The van der Waals surface area contributed by atoms with E-state index in [1.54, 1.807) is 0 Å². The fourth-order valence-corrected chi connectivity index (χ4v) is 2.46. The van der Waals surface area contributed by atoms with Gasteiger partial charge in [-0.25, -0.2) is 0 Å². The van der Waals surface area contributed by atoms with Crippen LogP contribution < -0.4 is 5.32 Å². The molecule has 0 aromatic heterocycles. The molecular weight excluding hydrogens is 220 g/mol. The van der Waals surface area contributed by atoms with Gasteiger partial charge in [0.05, 0.1) is 25.7 Å². The zero-order chi connectivity index (χ0) is 12.1. The summed E-state index contributed by atoms with van der Waals surface area (Å²) in [5, 5.41) is 3.33. The number of carbonyl (C=O) groups excluding carboxylic acids is 1. The van der Waals surface area contributed by atoms with Crippen molar-refractivity contribution < 1.29 is 14.3 Å². The van der Waals surface area contributed by atoms with E-state index in [1.165, 1.54) is 0 Å². The van der Waals surface area contributed by atoms with Crippen molar-refractivity contribution in [2.75, 3.05) is 46.1 Å². The molecule has 0 aliphatic carbocycles. The summed E-state index contributed by atoms with van der Waals surface area (Å²) < 4.78 is 10.8. The third-order valence-corrected chi connectivity index (χ3v) is 3.40. The average molecular weight is 242 g/mol. The molecule has 1 N–H and O–H groups in total. The molecule has 98 valence electrons. The monoisotopic (exact) mass is 242 g/mol. The molecule has 5 heteroatoms.